The fraction of sp³-hybridized carbons (Fsp3) is 1.00. The van der Waals surface area contributed by atoms with Gasteiger partial charge in [0.15, 0.2) is 0 Å². The van der Waals surface area contributed by atoms with Crippen LogP contribution < -0.4 is 5.73 Å². The fourth-order valence-corrected chi connectivity index (χ4v) is 1.35. The van der Waals surface area contributed by atoms with Crippen LogP contribution in [0.5, 0.6) is 0 Å². The minimum Gasteiger partial charge on any atom is -0.383 e. The standard InChI is InChI=1S/C8H18N2O2/c1-11-4-2-10-3-5-12-8(6-9)7-10/h8H,2-7,9H2,1H3. The second kappa shape index (κ2) is 5.48. The monoisotopic (exact) mass is 174 g/mol. The second-order valence-corrected chi connectivity index (χ2v) is 3.02. The molecule has 1 aliphatic rings. The molecule has 0 saturated carbocycles. The van der Waals surface area contributed by atoms with E-state index in [1.54, 1.807) is 7.11 Å². The summed E-state index contributed by atoms with van der Waals surface area (Å²) in [4.78, 5) is 2.32. The van der Waals surface area contributed by atoms with E-state index in [0.717, 1.165) is 32.8 Å². The first kappa shape index (κ1) is 9.92. The van der Waals surface area contributed by atoms with Gasteiger partial charge >= 0.3 is 0 Å². The van der Waals surface area contributed by atoms with E-state index in [2.05, 4.69) is 4.90 Å². The van der Waals surface area contributed by atoms with E-state index in [9.17, 15) is 0 Å². The highest BCUT2D eigenvalue weighted by Crippen LogP contribution is 2.02. The highest BCUT2D eigenvalue weighted by Gasteiger charge is 2.18. The van der Waals surface area contributed by atoms with Crippen molar-refractivity contribution in [1.29, 1.82) is 0 Å². The summed E-state index contributed by atoms with van der Waals surface area (Å²) in [7, 11) is 1.72. The minimum atomic E-state index is 0.218. The Labute approximate surface area is 73.6 Å². The molecule has 1 atom stereocenters. The van der Waals surface area contributed by atoms with E-state index in [1.807, 2.05) is 0 Å². The van der Waals surface area contributed by atoms with Crippen molar-refractivity contribution in [3.8, 4) is 0 Å². The Hall–Kier alpha value is -0.160. The molecule has 1 aliphatic heterocycles. The van der Waals surface area contributed by atoms with Crippen molar-refractivity contribution in [2.24, 2.45) is 5.73 Å². The van der Waals surface area contributed by atoms with Crippen LogP contribution in [0.1, 0.15) is 0 Å². The Balaban J connectivity index is 2.16. The van der Waals surface area contributed by atoms with Crippen molar-refractivity contribution in [2.75, 3.05) is 46.5 Å². The van der Waals surface area contributed by atoms with Gasteiger partial charge in [0.25, 0.3) is 0 Å². The molecule has 1 rings (SSSR count). The third kappa shape index (κ3) is 3.06. The van der Waals surface area contributed by atoms with Crippen molar-refractivity contribution >= 4 is 0 Å². The number of hydrogen-bond donors (Lipinski definition) is 1. The molecule has 0 amide bonds. The highest BCUT2D eigenvalue weighted by atomic mass is 16.5. The lowest BCUT2D eigenvalue weighted by Gasteiger charge is -2.31. The van der Waals surface area contributed by atoms with Crippen LogP contribution in [0.3, 0.4) is 0 Å². The summed E-state index contributed by atoms with van der Waals surface area (Å²) in [5, 5.41) is 0. The molecule has 1 fully saturated rings. The number of nitrogens with zero attached hydrogens (tertiary/aromatic N) is 1. The van der Waals surface area contributed by atoms with Crippen LogP contribution in [0.25, 0.3) is 0 Å². The Morgan fingerprint density at radius 2 is 2.50 bits per heavy atom. The van der Waals surface area contributed by atoms with Crippen molar-refractivity contribution in [3.05, 3.63) is 0 Å². The van der Waals surface area contributed by atoms with Crippen LogP contribution in [0, 0.1) is 0 Å². The van der Waals surface area contributed by atoms with Gasteiger partial charge in [-0.1, -0.05) is 0 Å². The molecular weight excluding hydrogens is 156 g/mol. The van der Waals surface area contributed by atoms with Gasteiger partial charge in [0.05, 0.1) is 19.3 Å². The third-order valence-electron chi connectivity index (χ3n) is 2.10. The highest BCUT2D eigenvalue weighted by molar-refractivity contribution is 4.71. The summed E-state index contributed by atoms with van der Waals surface area (Å²) < 4.78 is 10.4. The summed E-state index contributed by atoms with van der Waals surface area (Å²) in [6.07, 6.45) is 0.218. The molecule has 1 saturated heterocycles. The van der Waals surface area contributed by atoms with Crippen LogP contribution in [-0.4, -0.2) is 57.5 Å². The summed E-state index contributed by atoms with van der Waals surface area (Å²) in [5.41, 5.74) is 5.51. The summed E-state index contributed by atoms with van der Waals surface area (Å²) in [6, 6.07) is 0. The molecule has 4 heteroatoms. The lowest BCUT2D eigenvalue weighted by atomic mass is 10.3. The summed E-state index contributed by atoms with van der Waals surface area (Å²) >= 11 is 0. The van der Waals surface area contributed by atoms with E-state index in [0.29, 0.717) is 6.54 Å². The maximum absolute atomic E-state index is 5.51. The van der Waals surface area contributed by atoms with Gasteiger partial charge in [-0.05, 0) is 0 Å². The first-order valence-electron chi connectivity index (χ1n) is 4.39. The zero-order chi connectivity index (χ0) is 8.81. The quantitative estimate of drug-likeness (QED) is 0.612. The lowest BCUT2D eigenvalue weighted by Crippen LogP contribution is -2.46. The molecule has 2 N–H and O–H groups in total. The van der Waals surface area contributed by atoms with Gasteiger partial charge in [0.1, 0.15) is 0 Å². The first-order valence-corrected chi connectivity index (χ1v) is 4.39. The topological polar surface area (TPSA) is 47.7 Å². The molecule has 4 nitrogen and oxygen atoms in total. The van der Waals surface area contributed by atoms with E-state index in [1.165, 1.54) is 0 Å². The number of nitrogens with two attached hydrogens (primary N) is 1. The van der Waals surface area contributed by atoms with Gasteiger partial charge in [0, 0.05) is 33.3 Å². The number of morpholine rings is 1. The Kier molecular flexibility index (Phi) is 4.53. The number of methoxy groups -OCH3 is 1. The Bertz CT molecular complexity index is 122. The molecule has 0 aromatic heterocycles. The molecule has 0 spiro atoms. The molecule has 0 aliphatic carbocycles. The molecule has 1 unspecified atom stereocenters. The van der Waals surface area contributed by atoms with Crippen molar-refractivity contribution < 1.29 is 9.47 Å². The molecular formula is C8H18N2O2. The third-order valence-corrected chi connectivity index (χ3v) is 2.10. The minimum absolute atomic E-state index is 0.218. The van der Waals surface area contributed by atoms with Gasteiger partial charge in [0.2, 0.25) is 0 Å². The molecule has 0 radical (unpaired) electrons. The first-order chi connectivity index (χ1) is 5.86. The fourth-order valence-electron chi connectivity index (χ4n) is 1.35. The second-order valence-electron chi connectivity index (χ2n) is 3.02. The number of ether oxygens (including phenoxy) is 2. The van der Waals surface area contributed by atoms with Crippen LogP contribution in [0.4, 0.5) is 0 Å². The van der Waals surface area contributed by atoms with E-state index in [-0.39, 0.29) is 6.10 Å². The van der Waals surface area contributed by atoms with E-state index >= 15 is 0 Å². The van der Waals surface area contributed by atoms with Gasteiger partial charge in [-0.3, -0.25) is 4.90 Å². The molecule has 0 bridgehead atoms. The van der Waals surface area contributed by atoms with Crippen LogP contribution in [0.2, 0.25) is 0 Å². The normalized spacial score (nSPS) is 26.0. The molecule has 0 aromatic rings. The lowest BCUT2D eigenvalue weighted by molar-refractivity contribution is -0.0290. The van der Waals surface area contributed by atoms with Crippen LogP contribution >= 0.6 is 0 Å². The Morgan fingerprint density at radius 3 is 3.17 bits per heavy atom. The van der Waals surface area contributed by atoms with Gasteiger partial charge in [-0.25, -0.2) is 0 Å². The molecule has 1 heterocycles. The molecule has 72 valence electrons. The smallest absolute Gasteiger partial charge is 0.0824 e. The maximum Gasteiger partial charge on any atom is 0.0824 e. The maximum atomic E-state index is 5.51. The van der Waals surface area contributed by atoms with Gasteiger partial charge in [-0.2, -0.15) is 0 Å². The number of rotatable bonds is 4. The Morgan fingerprint density at radius 1 is 1.67 bits per heavy atom. The van der Waals surface area contributed by atoms with Crippen molar-refractivity contribution in [3.63, 3.8) is 0 Å². The average Bonchev–Trinajstić information content (AvgIpc) is 2.15. The summed E-state index contributed by atoms with van der Waals surface area (Å²) in [6.45, 7) is 5.13. The van der Waals surface area contributed by atoms with Gasteiger partial charge < -0.3 is 15.2 Å². The summed E-state index contributed by atoms with van der Waals surface area (Å²) in [5.74, 6) is 0. The van der Waals surface area contributed by atoms with Crippen LogP contribution in [0.15, 0.2) is 0 Å². The van der Waals surface area contributed by atoms with E-state index in [4.69, 9.17) is 15.2 Å². The molecule has 12 heavy (non-hydrogen) atoms. The van der Waals surface area contributed by atoms with Crippen LogP contribution in [-0.2, 0) is 9.47 Å². The van der Waals surface area contributed by atoms with Crippen molar-refractivity contribution in [2.45, 2.75) is 6.10 Å². The number of hydrogen-bond acceptors (Lipinski definition) is 4. The average molecular weight is 174 g/mol. The molecule has 0 aromatic carbocycles. The van der Waals surface area contributed by atoms with Crippen molar-refractivity contribution in [1.82, 2.24) is 4.90 Å². The zero-order valence-corrected chi connectivity index (χ0v) is 7.66. The predicted molar refractivity (Wildman–Crippen MR) is 47.1 cm³/mol. The SMILES string of the molecule is COCCN1CCOC(CN)C1. The zero-order valence-electron chi connectivity index (χ0n) is 7.66. The van der Waals surface area contributed by atoms with E-state index < -0.39 is 0 Å². The largest absolute Gasteiger partial charge is 0.383 e. The predicted octanol–water partition coefficient (Wildman–Crippen LogP) is -0.708. The van der Waals surface area contributed by atoms with Gasteiger partial charge in [-0.15, -0.1) is 0 Å².